The predicted octanol–water partition coefficient (Wildman–Crippen LogP) is 14.5. The number of fused-ring (bicyclic) bond motifs is 18. The van der Waals surface area contributed by atoms with Crippen molar-refractivity contribution in [2.75, 3.05) is 0 Å². The molecule has 0 unspecified atom stereocenters. The van der Waals surface area contributed by atoms with E-state index in [4.69, 9.17) is 14.4 Å². The summed E-state index contributed by atoms with van der Waals surface area (Å²) in [4.78, 5) is 11.1. The van der Waals surface area contributed by atoms with Gasteiger partial charge in [-0.2, -0.15) is 4.98 Å². The van der Waals surface area contributed by atoms with Gasteiger partial charge in [-0.1, -0.05) is 127 Å². The van der Waals surface area contributed by atoms with Crippen LogP contribution >= 0.6 is 0 Å². The highest BCUT2D eigenvalue weighted by Gasteiger charge is 2.27. The summed E-state index contributed by atoms with van der Waals surface area (Å²) < 4.78 is 13.8. The van der Waals surface area contributed by atoms with Gasteiger partial charge in [0.05, 0.1) is 49.7 Å². The summed E-state index contributed by atoms with van der Waals surface area (Å²) in [5.41, 5.74) is 12.3. The minimum atomic E-state index is 0.556. The van der Waals surface area contributed by atoms with Crippen LogP contribution in [0, 0.1) is 0 Å². The van der Waals surface area contributed by atoms with Gasteiger partial charge in [0.2, 0.25) is 11.7 Å². The van der Waals surface area contributed by atoms with E-state index in [0.29, 0.717) is 11.7 Å². The Morgan fingerprint density at radius 2 is 1.02 bits per heavy atom. The molecule has 6 heteroatoms. The zero-order chi connectivity index (χ0) is 40.2. The zero-order valence-corrected chi connectivity index (χ0v) is 33.0. The fourth-order valence-electron chi connectivity index (χ4n) is 10.9. The molecule has 0 spiro atoms. The number of hydrogen-bond acceptors (Lipinski definition) is 3. The maximum atomic E-state index is 6.73. The summed E-state index contributed by atoms with van der Waals surface area (Å²) in [6.45, 7) is 0. The number of benzene rings is 9. The van der Waals surface area contributed by atoms with Crippen LogP contribution in [0.5, 0.6) is 0 Å². The minimum absolute atomic E-state index is 0.556. The van der Waals surface area contributed by atoms with Crippen molar-refractivity contribution in [1.29, 1.82) is 0 Å². The fourth-order valence-corrected chi connectivity index (χ4v) is 10.9. The average Bonchev–Trinajstić information content (AvgIpc) is 4.13. The van der Waals surface area contributed by atoms with Crippen molar-refractivity contribution < 1.29 is 4.42 Å². The summed E-state index contributed by atoms with van der Waals surface area (Å²) in [5, 5.41) is 13.8. The molecule has 0 bridgehead atoms. The first kappa shape index (κ1) is 32.4. The third-order valence-corrected chi connectivity index (χ3v) is 13.4. The number of aromatic nitrogens is 5. The molecule has 0 aliphatic carbocycles. The summed E-state index contributed by atoms with van der Waals surface area (Å²) in [7, 11) is 0. The fraction of sp³-hybridized carbons (Fsp3) is 0. The molecule has 0 saturated heterocycles. The van der Waals surface area contributed by atoms with Crippen molar-refractivity contribution in [3.63, 3.8) is 0 Å². The van der Waals surface area contributed by atoms with Crippen LogP contribution in [0.25, 0.3) is 137 Å². The Morgan fingerprint density at radius 3 is 1.85 bits per heavy atom. The molecule has 286 valence electrons. The van der Waals surface area contributed by atoms with Gasteiger partial charge in [0.1, 0.15) is 5.58 Å². The van der Waals surface area contributed by atoms with Crippen LogP contribution in [0.15, 0.2) is 192 Å². The Hall–Kier alpha value is -8.48. The number of nitrogens with zero attached hydrogens (tertiary/aromatic N) is 5. The van der Waals surface area contributed by atoms with E-state index in [1.54, 1.807) is 0 Å². The van der Waals surface area contributed by atoms with Gasteiger partial charge in [0.15, 0.2) is 0 Å². The SMILES string of the molecule is c1ccc(-n2c3ccccc3c3cc(-c4nc(-n5c6ccc7ccccc7c6c6cc7c8ccccc8n8c9ccccc9c(c65)c78)nc5oc6ccccc6c45)ccc32)cc1. The molecule has 6 nitrogen and oxygen atoms in total. The molecule has 6 aromatic heterocycles. The quantitative estimate of drug-likeness (QED) is 0.179. The predicted molar refractivity (Wildman–Crippen MR) is 256 cm³/mol. The first-order chi connectivity index (χ1) is 30.8. The molecule has 0 amide bonds. The highest BCUT2D eigenvalue weighted by Crippen LogP contribution is 2.48. The molecular formula is C56H31N5O. The van der Waals surface area contributed by atoms with Gasteiger partial charge in [0.25, 0.3) is 0 Å². The molecule has 0 radical (unpaired) electrons. The van der Waals surface area contributed by atoms with Crippen molar-refractivity contribution in [3.05, 3.63) is 188 Å². The van der Waals surface area contributed by atoms with E-state index in [0.717, 1.165) is 60.8 Å². The van der Waals surface area contributed by atoms with Gasteiger partial charge in [0, 0.05) is 59.7 Å². The highest BCUT2D eigenvalue weighted by atomic mass is 16.3. The van der Waals surface area contributed by atoms with Gasteiger partial charge < -0.3 is 13.4 Å². The largest absolute Gasteiger partial charge is 0.437 e. The van der Waals surface area contributed by atoms with E-state index in [-0.39, 0.29) is 0 Å². The topological polar surface area (TPSA) is 53.2 Å². The van der Waals surface area contributed by atoms with E-state index in [2.05, 4.69) is 189 Å². The monoisotopic (exact) mass is 789 g/mol. The maximum absolute atomic E-state index is 6.73. The Labute approximate surface area is 352 Å². The lowest BCUT2D eigenvalue weighted by Gasteiger charge is -2.11. The number of furan rings is 1. The molecule has 15 aromatic rings. The Bertz CT molecular complexity index is 4390. The molecule has 6 heterocycles. The smallest absolute Gasteiger partial charge is 0.238 e. The van der Waals surface area contributed by atoms with E-state index in [1.165, 1.54) is 65.0 Å². The first-order valence-electron chi connectivity index (χ1n) is 21.1. The normalized spacial score (nSPS) is 12.5. The van der Waals surface area contributed by atoms with Crippen LogP contribution in [0.2, 0.25) is 0 Å². The third-order valence-electron chi connectivity index (χ3n) is 13.4. The van der Waals surface area contributed by atoms with E-state index < -0.39 is 0 Å². The Kier molecular flexibility index (Phi) is 6.07. The first-order valence-corrected chi connectivity index (χ1v) is 21.1. The number of rotatable bonds is 3. The molecular weight excluding hydrogens is 759 g/mol. The van der Waals surface area contributed by atoms with E-state index >= 15 is 0 Å². The van der Waals surface area contributed by atoms with Crippen LogP contribution in [0.1, 0.15) is 0 Å². The number of para-hydroxylation sites is 5. The van der Waals surface area contributed by atoms with Crippen LogP contribution in [0.4, 0.5) is 0 Å². The molecule has 0 fully saturated rings. The van der Waals surface area contributed by atoms with Crippen molar-refractivity contribution in [1.82, 2.24) is 23.5 Å². The zero-order valence-electron chi connectivity index (χ0n) is 33.0. The molecule has 0 N–H and O–H groups in total. The summed E-state index contributed by atoms with van der Waals surface area (Å²) >= 11 is 0. The van der Waals surface area contributed by atoms with E-state index in [1.807, 2.05) is 12.1 Å². The minimum Gasteiger partial charge on any atom is -0.437 e. The highest BCUT2D eigenvalue weighted by molar-refractivity contribution is 6.36. The lowest BCUT2D eigenvalue weighted by molar-refractivity contribution is 0.651. The van der Waals surface area contributed by atoms with Gasteiger partial charge >= 0.3 is 0 Å². The lowest BCUT2D eigenvalue weighted by Crippen LogP contribution is -2.03. The summed E-state index contributed by atoms with van der Waals surface area (Å²) in [6.07, 6.45) is 0. The molecule has 0 aliphatic heterocycles. The third kappa shape index (κ3) is 4.04. The summed E-state index contributed by atoms with van der Waals surface area (Å²) in [5.74, 6) is 0.566. The van der Waals surface area contributed by atoms with Crippen LogP contribution in [-0.2, 0) is 0 Å². The average molecular weight is 790 g/mol. The van der Waals surface area contributed by atoms with Crippen LogP contribution in [-0.4, -0.2) is 23.5 Å². The van der Waals surface area contributed by atoms with Crippen LogP contribution in [0.3, 0.4) is 0 Å². The van der Waals surface area contributed by atoms with Gasteiger partial charge in [-0.25, -0.2) is 4.98 Å². The second-order valence-corrected chi connectivity index (χ2v) is 16.5. The van der Waals surface area contributed by atoms with Crippen molar-refractivity contribution in [3.8, 4) is 22.9 Å². The van der Waals surface area contributed by atoms with Crippen molar-refractivity contribution in [2.45, 2.75) is 0 Å². The van der Waals surface area contributed by atoms with Crippen molar-refractivity contribution in [2.24, 2.45) is 0 Å². The molecule has 0 saturated carbocycles. The molecule has 9 aromatic carbocycles. The van der Waals surface area contributed by atoms with Gasteiger partial charge in [-0.05, 0) is 71.4 Å². The lowest BCUT2D eigenvalue weighted by atomic mass is 10.0. The van der Waals surface area contributed by atoms with Crippen LogP contribution < -0.4 is 0 Å². The maximum Gasteiger partial charge on any atom is 0.238 e. The van der Waals surface area contributed by atoms with E-state index in [9.17, 15) is 0 Å². The molecule has 15 rings (SSSR count). The number of hydrogen-bond donors (Lipinski definition) is 0. The molecule has 62 heavy (non-hydrogen) atoms. The molecule has 0 atom stereocenters. The summed E-state index contributed by atoms with van der Waals surface area (Å²) in [6, 6.07) is 67.5. The second-order valence-electron chi connectivity index (χ2n) is 16.5. The standard InChI is InChI=1S/C56H31N5O/c1-2-15-34(16-3-1)59-43-22-10-6-18-36(43)40-30-33(27-28-46(40)59)52-50-39-21-9-13-25-48(39)62-55(50)58-56(57-52)61-47-29-26-32-14-4-5-17-35(32)49(47)42-31-41-37-19-7-11-23-44(37)60-45-24-12-8-20-38(45)51(53(41)60)54(42)61/h1-31H. The Morgan fingerprint density at radius 1 is 0.371 bits per heavy atom. The van der Waals surface area contributed by atoms with Gasteiger partial charge in [-0.15, -0.1) is 0 Å². The Balaban J connectivity index is 1.12. The second kappa shape index (κ2) is 11.6. The van der Waals surface area contributed by atoms with Gasteiger partial charge in [-0.3, -0.25) is 4.57 Å². The van der Waals surface area contributed by atoms with Crippen molar-refractivity contribution >= 4 is 115 Å². The molecule has 0 aliphatic rings.